The van der Waals surface area contributed by atoms with Gasteiger partial charge in [0.2, 0.25) is 5.91 Å². The van der Waals surface area contributed by atoms with Gasteiger partial charge in [0.1, 0.15) is 23.7 Å². The first-order valence-corrected chi connectivity index (χ1v) is 6.29. The van der Waals surface area contributed by atoms with Gasteiger partial charge >= 0.3 is 0 Å². The van der Waals surface area contributed by atoms with Gasteiger partial charge in [-0.3, -0.25) is 14.5 Å². The molecular weight excluding hydrogens is 322 g/mol. The van der Waals surface area contributed by atoms with Gasteiger partial charge in [-0.1, -0.05) is 0 Å². The van der Waals surface area contributed by atoms with Crippen LogP contribution in [-0.2, 0) is 9.59 Å². The Kier molecular flexibility index (Phi) is 3.34. The summed E-state index contributed by atoms with van der Waals surface area (Å²) in [6, 6.07) is 1.82. The van der Waals surface area contributed by atoms with Crippen molar-refractivity contribution in [1.82, 2.24) is 5.32 Å². The maximum absolute atomic E-state index is 13.8. The molecule has 0 spiro atoms. The predicted molar refractivity (Wildman–Crippen MR) is 68.6 cm³/mol. The molecule has 2 rings (SSSR count). The van der Waals surface area contributed by atoms with Gasteiger partial charge < -0.3 is 5.32 Å². The third kappa shape index (κ3) is 2.47. The first-order valence-electron chi connectivity index (χ1n) is 5.50. The van der Waals surface area contributed by atoms with E-state index in [2.05, 4.69) is 21.2 Å². The van der Waals surface area contributed by atoms with Crippen molar-refractivity contribution in [2.24, 2.45) is 0 Å². The molecule has 1 aliphatic rings. The summed E-state index contributed by atoms with van der Waals surface area (Å²) in [4.78, 5) is 24.6. The van der Waals surface area contributed by atoms with Crippen molar-refractivity contribution >= 4 is 33.4 Å². The number of rotatable bonds is 1. The zero-order valence-electron chi connectivity index (χ0n) is 10.3. The number of piperazine rings is 1. The first-order chi connectivity index (χ1) is 8.72. The molecule has 1 N–H and O–H groups in total. The summed E-state index contributed by atoms with van der Waals surface area (Å²) in [5, 5.41) is 2.49. The fourth-order valence-corrected chi connectivity index (χ4v) is 2.22. The van der Waals surface area contributed by atoms with E-state index >= 15 is 0 Å². The van der Waals surface area contributed by atoms with Crippen molar-refractivity contribution in [2.45, 2.75) is 19.4 Å². The van der Waals surface area contributed by atoms with Gasteiger partial charge in [-0.25, -0.2) is 8.78 Å². The van der Waals surface area contributed by atoms with Crippen molar-refractivity contribution in [3.63, 3.8) is 0 Å². The summed E-state index contributed by atoms with van der Waals surface area (Å²) in [5.41, 5.74) is -1.39. The number of anilines is 1. The van der Waals surface area contributed by atoms with Crippen LogP contribution in [0.4, 0.5) is 14.5 Å². The van der Waals surface area contributed by atoms with Gasteiger partial charge in [-0.2, -0.15) is 0 Å². The van der Waals surface area contributed by atoms with Gasteiger partial charge in [-0.05, 0) is 35.8 Å². The summed E-state index contributed by atoms with van der Waals surface area (Å²) < 4.78 is 27.3. The molecule has 0 radical (unpaired) electrons. The number of amides is 2. The maximum Gasteiger partial charge on any atom is 0.252 e. The predicted octanol–water partition coefficient (Wildman–Crippen LogP) is 1.97. The minimum atomic E-state index is -1.15. The molecule has 7 heteroatoms. The topological polar surface area (TPSA) is 49.4 Å². The largest absolute Gasteiger partial charge is 0.341 e. The lowest BCUT2D eigenvalue weighted by Crippen LogP contribution is -2.64. The van der Waals surface area contributed by atoms with Crippen LogP contribution in [0.1, 0.15) is 13.8 Å². The Balaban J connectivity index is 2.49. The molecule has 2 amide bonds. The highest BCUT2D eigenvalue weighted by Gasteiger charge is 2.40. The maximum atomic E-state index is 13.8. The molecule has 1 aromatic carbocycles. The van der Waals surface area contributed by atoms with Crippen LogP contribution in [-0.4, -0.2) is 23.9 Å². The third-order valence-corrected chi connectivity index (χ3v) is 3.42. The van der Waals surface area contributed by atoms with Crippen molar-refractivity contribution in [3.8, 4) is 0 Å². The SMILES string of the molecule is CC1(C)NC(=O)CN(c2cc(F)c(Br)cc2F)C1=O. The molecule has 1 fully saturated rings. The van der Waals surface area contributed by atoms with E-state index < -0.39 is 29.0 Å². The van der Waals surface area contributed by atoms with E-state index in [1.165, 1.54) is 13.8 Å². The van der Waals surface area contributed by atoms with Gasteiger partial charge in [-0.15, -0.1) is 0 Å². The van der Waals surface area contributed by atoms with E-state index in [9.17, 15) is 18.4 Å². The number of hydrogen-bond acceptors (Lipinski definition) is 2. The molecule has 0 unspecified atom stereocenters. The van der Waals surface area contributed by atoms with E-state index in [0.717, 1.165) is 17.0 Å². The third-order valence-electron chi connectivity index (χ3n) is 2.81. The molecule has 102 valence electrons. The number of carbonyl (C=O) groups excluding carboxylic acids is 2. The van der Waals surface area contributed by atoms with Crippen molar-refractivity contribution in [1.29, 1.82) is 0 Å². The highest BCUT2D eigenvalue weighted by Crippen LogP contribution is 2.29. The van der Waals surface area contributed by atoms with Crippen molar-refractivity contribution in [3.05, 3.63) is 28.2 Å². The van der Waals surface area contributed by atoms with Crippen LogP contribution in [0.2, 0.25) is 0 Å². The fraction of sp³-hybridized carbons (Fsp3) is 0.333. The van der Waals surface area contributed by atoms with Crippen LogP contribution in [0, 0.1) is 11.6 Å². The number of nitrogens with zero attached hydrogens (tertiary/aromatic N) is 1. The van der Waals surface area contributed by atoms with Gasteiger partial charge in [0.05, 0.1) is 10.2 Å². The van der Waals surface area contributed by atoms with Gasteiger partial charge in [0, 0.05) is 6.07 Å². The molecule has 1 aromatic rings. The lowest BCUT2D eigenvalue weighted by Gasteiger charge is -2.37. The number of benzene rings is 1. The number of nitrogens with one attached hydrogen (secondary N) is 1. The summed E-state index contributed by atoms with van der Waals surface area (Å²) in [6.45, 7) is 2.68. The van der Waals surface area contributed by atoms with Crippen LogP contribution in [0.25, 0.3) is 0 Å². The lowest BCUT2D eigenvalue weighted by molar-refractivity contribution is -0.134. The Labute approximate surface area is 116 Å². The van der Waals surface area contributed by atoms with Crippen LogP contribution < -0.4 is 10.2 Å². The molecule has 0 atom stereocenters. The summed E-state index contributed by atoms with van der Waals surface area (Å²) >= 11 is 2.86. The normalized spacial score (nSPS) is 18.5. The zero-order valence-corrected chi connectivity index (χ0v) is 11.8. The Bertz CT molecular complexity index is 575. The van der Waals surface area contributed by atoms with Crippen LogP contribution in [0.15, 0.2) is 16.6 Å². The highest BCUT2D eigenvalue weighted by atomic mass is 79.9. The number of carbonyl (C=O) groups is 2. The standard InChI is InChI=1S/C12H11BrF2N2O2/c1-12(2)11(19)17(5-10(18)16-12)9-4-7(14)6(13)3-8(9)15/h3-4H,5H2,1-2H3,(H,16,18). The molecule has 19 heavy (non-hydrogen) atoms. The summed E-state index contributed by atoms with van der Waals surface area (Å²) in [5.74, 6) is -2.39. The second-order valence-corrected chi connectivity index (χ2v) is 5.64. The molecule has 0 bridgehead atoms. The first kappa shape index (κ1) is 13.9. The van der Waals surface area contributed by atoms with Crippen LogP contribution in [0.5, 0.6) is 0 Å². The van der Waals surface area contributed by atoms with Crippen molar-refractivity contribution < 1.29 is 18.4 Å². The molecule has 1 aliphatic heterocycles. The monoisotopic (exact) mass is 332 g/mol. The average Bonchev–Trinajstić information content (AvgIpc) is 2.28. The lowest BCUT2D eigenvalue weighted by atomic mass is 10.00. The minimum Gasteiger partial charge on any atom is -0.341 e. The molecule has 1 heterocycles. The Hall–Kier alpha value is -1.50. The second kappa shape index (κ2) is 4.56. The number of halogens is 3. The molecule has 0 aliphatic carbocycles. The summed E-state index contributed by atoms with van der Waals surface area (Å²) in [6.07, 6.45) is 0. The minimum absolute atomic E-state index is 0.0399. The van der Waals surface area contributed by atoms with Gasteiger partial charge in [0.25, 0.3) is 5.91 Å². The molecule has 1 saturated heterocycles. The quantitative estimate of drug-likeness (QED) is 0.799. The van der Waals surface area contributed by atoms with E-state index in [4.69, 9.17) is 0 Å². The van der Waals surface area contributed by atoms with Crippen molar-refractivity contribution in [2.75, 3.05) is 11.4 Å². The van der Waals surface area contributed by atoms with Crippen LogP contribution in [0.3, 0.4) is 0 Å². The highest BCUT2D eigenvalue weighted by molar-refractivity contribution is 9.10. The average molecular weight is 333 g/mol. The molecular formula is C12H11BrF2N2O2. The Morgan fingerprint density at radius 1 is 1.26 bits per heavy atom. The Morgan fingerprint density at radius 3 is 2.53 bits per heavy atom. The molecule has 0 aromatic heterocycles. The number of hydrogen-bond donors (Lipinski definition) is 1. The zero-order chi connectivity index (χ0) is 14.4. The van der Waals surface area contributed by atoms with E-state index in [-0.39, 0.29) is 16.7 Å². The van der Waals surface area contributed by atoms with E-state index in [1.807, 2.05) is 0 Å². The second-order valence-electron chi connectivity index (χ2n) is 4.78. The van der Waals surface area contributed by atoms with Crippen LogP contribution >= 0.6 is 15.9 Å². The van der Waals surface area contributed by atoms with E-state index in [0.29, 0.717) is 0 Å². The molecule has 0 saturated carbocycles. The van der Waals surface area contributed by atoms with E-state index in [1.54, 1.807) is 0 Å². The molecule has 4 nitrogen and oxygen atoms in total. The fourth-order valence-electron chi connectivity index (χ4n) is 1.91. The summed E-state index contributed by atoms with van der Waals surface area (Å²) in [7, 11) is 0. The Morgan fingerprint density at radius 2 is 1.89 bits per heavy atom. The van der Waals surface area contributed by atoms with Gasteiger partial charge in [0.15, 0.2) is 0 Å². The smallest absolute Gasteiger partial charge is 0.252 e.